The second-order valence-corrected chi connectivity index (χ2v) is 8.76. The molecule has 2 aromatic heterocycles. The summed E-state index contributed by atoms with van der Waals surface area (Å²) in [5, 5.41) is 8.28. The molecule has 2 aliphatic rings. The number of nitrogens with zero attached hydrogens (tertiary/aromatic N) is 3. The second-order valence-electron chi connectivity index (χ2n) is 8.38. The van der Waals surface area contributed by atoms with Gasteiger partial charge < -0.3 is 10.1 Å². The van der Waals surface area contributed by atoms with Gasteiger partial charge in [0.15, 0.2) is 16.6 Å². The van der Waals surface area contributed by atoms with E-state index in [0.717, 1.165) is 59.7 Å². The Morgan fingerprint density at radius 1 is 1.30 bits per heavy atom. The molecule has 1 aromatic carbocycles. The van der Waals surface area contributed by atoms with Gasteiger partial charge in [-0.15, -0.1) is 0 Å². The molecule has 1 saturated carbocycles. The van der Waals surface area contributed by atoms with Crippen LogP contribution in [-0.4, -0.2) is 39.6 Å². The average Bonchev–Trinajstić information content (AvgIpc) is 3.21. The number of aryl methyl sites for hydroxylation is 1. The second kappa shape index (κ2) is 8.00. The van der Waals surface area contributed by atoms with Crippen molar-refractivity contribution < 1.29 is 9.53 Å². The average molecular weight is 425 g/mol. The Hall–Kier alpha value is -2.44. The summed E-state index contributed by atoms with van der Waals surface area (Å²) >= 11 is 6.31. The molecule has 30 heavy (non-hydrogen) atoms. The molecule has 0 amide bonds. The summed E-state index contributed by atoms with van der Waals surface area (Å²) in [5.74, 6) is 0.823. The van der Waals surface area contributed by atoms with E-state index >= 15 is 0 Å². The topological polar surface area (TPSA) is 68.5 Å². The van der Waals surface area contributed by atoms with Crippen LogP contribution < -0.4 is 5.32 Å². The number of fused-ring (bicyclic) bond motifs is 1. The van der Waals surface area contributed by atoms with Gasteiger partial charge in [0.05, 0.1) is 23.7 Å². The van der Waals surface area contributed by atoms with Crippen LogP contribution in [0.15, 0.2) is 30.5 Å². The van der Waals surface area contributed by atoms with Crippen molar-refractivity contribution in [3.8, 4) is 11.3 Å². The van der Waals surface area contributed by atoms with E-state index in [9.17, 15) is 4.79 Å². The Bertz CT molecular complexity index is 1100. The smallest absolute Gasteiger partial charge is 0.177 e. The number of imidazole rings is 1. The number of hydrogen-bond donors (Lipinski definition) is 1. The summed E-state index contributed by atoms with van der Waals surface area (Å²) in [6, 6.07) is 7.73. The van der Waals surface area contributed by atoms with Crippen LogP contribution in [0.1, 0.15) is 48.0 Å². The number of carbonyl (C=O) groups excluding carboxylic acids is 1. The van der Waals surface area contributed by atoms with Crippen molar-refractivity contribution in [3.63, 3.8) is 0 Å². The Kier molecular flexibility index (Phi) is 5.21. The van der Waals surface area contributed by atoms with E-state index in [4.69, 9.17) is 16.3 Å². The van der Waals surface area contributed by atoms with Crippen molar-refractivity contribution in [2.24, 2.45) is 5.92 Å². The zero-order valence-electron chi connectivity index (χ0n) is 17.0. The highest BCUT2D eigenvalue weighted by Crippen LogP contribution is 2.34. The number of benzene rings is 1. The fourth-order valence-corrected chi connectivity index (χ4v) is 4.31. The van der Waals surface area contributed by atoms with Crippen molar-refractivity contribution in [3.05, 3.63) is 46.7 Å². The van der Waals surface area contributed by atoms with E-state index in [2.05, 4.69) is 15.4 Å². The van der Waals surface area contributed by atoms with Gasteiger partial charge in [-0.2, -0.15) is 5.10 Å². The van der Waals surface area contributed by atoms with E-state index < -0.39 is 0 Å². The first kappa shape index (κ1) is 19.5. The fraction of sp³-hybridized carbons (Fsp3) is 0.435. The fourth-order valence-electron chi connectivity index (χ4n) is 4.12. The first-order chi connectivity index (χ1) is 14.6. The molecule has 1 aliphatic carbocycles. The first-order valence-electron chi connectivity index (χ1n) is 10.6. The number of aromatic nitrogens is 3. The van der Waals surface area contributed by atoms with Crippen molar-refractivity contribution >= 4 is 28.7 Å². The third-order valence-corrected chi connectivity index (χ3v) is 6.16. The lowest BCUT2D eigenvalue weighted by molar-refractivity contribution is 0.0975. The number of carbonyl (C=O) groups is 1. The van der Waals surface area contributed by atoms with Gasteiger partial charge in [-0.25, -0.2) is 9.50 Å². The molecule has 2 fully saturated rings. The summed E-state index contributed by atoms with van der Waals surface area (Å²) in [7, 11) is 0. The number of anilines is 1. The van der Waals surface area contributed by atoms with E-state index in [0.29, 0.717) is 17.5 Å². The highest BCUT2D eigenvalue weighted by atomic mass is 35.5. The number of nitrogens with one attached hydrogen (secondary N) is 1. The molecule has 3 aromatic rings. The quantitative estimate of drug-likeness (QED) is 0.544. The molecule has 1 N–H and O–H groups in total. The van der Waals surface area contributed by atoms with Crippen LogP contribution in [0.5, 0.6) is 0 Å². The van der Waals surface area contributed by atoms with Crippen molar-refractivity contribution in [1.29, 1.82) is 0 Å². The van der Waals surface area contributed by atoms with Crippen LogP contribution in [0.25, 0.3) is 16.9 Å². The molecule has 0 bridgehead atoms. The first-order valence-corrected chi connectivity index (χ1v) is 11.0. The lowest BCUT2D eigenvalue weighted by Crippen LogP contribution is -2.19. The SMILES string of the molecule is Cc1cc(-c2cnc3c(NC[C@@H]4CCCO4)cc(Cl)nn23)ccc1C(=O)CC1CC1. The van der Waals surface area contributed by atoms with Gasteiger partial charge in [0, 0.05) is 36.8 Å². The Morgan fingerprint density at radius 3 is 2.90 bits per heavy atom. The summed E-state index contributed by atoms with van der Waals surface area (Å²) in [5.41, 5.74) is 5.15. The zero-order valence-corrected chi connectivity index (χ0v) is 17.8. The van der Waals surface area contributed by atoms with Crippen LogP contribution >= 0.6 is 11.6 Å². The maximum Gasteiger partial charge on any atom is 0.177 e. The van der Waals surface area contributed by atoms with Gasteiger partial charge in [-0.3, -0.25) is 4.79 Å². The number of rotatable bonds is 7. The molecule has 1 saturated heterocycles. The van der Waals surface area contributed by atoms with Crippen LogP contribution in [-0.2, 0) is 4.74 Å². The van der Waals surface area contributed by atoms with Gasteiger partial charge in [0.1, 0.15) is 0 Å². The molecule has 3 heterocycles. The molecule has 156 valence electrons. The molecular formula is C23H25ClN4O2. The van der Waals surface area contributed by atoms with Gasteiger partial charge in [-0.05, 0) is 50.2 Å². The van der Waals surface area contributed by atoms with Gasteiger partial charge >= 0.3 is 0 Å². The predicted octanol–water partition coefficient (Wildman–Crippen LogP) is 4.93. The highest BCUT2D eigenvalue weighted by Gasteiger charge is 2.25. The maximum atomic E-state index is 12.5. The van der Waals surface area contributed by atoms with Gasteiger partial charge in [-0.1, -0.05) is 23.7 Å². The number of hydrogen-bond acceptors (Lipinski definition) is 5. The van der Waals surface area contributed by atoms with E-state index in [1.54, 1.807) is 16.8 Å². The molecule has 6 nitrogen and oxygen atoms in total. The summed E-state index contributed by atoms with van der Waals surface area (Å²) in [6.45, 7) is 3.53. The van der Waals surface area contributed by atoms with E-state index in [1.165, 1.54) is 12.8 Å². The summed E-state index contributed by atoms with van der Waals surface area (Å²) < 4.78 is 7.46. The molecule has 1 aliphatic heterocycles. The largest absolute Gasteiger partial charge is 0.379 e. The normalized spacial score (nSPS) is 18.8. The summed E-state index contributed by atoms with van der Waals surface area (Å²) in [4.78, 5) is 17.1. The molecular weight excluding hydrogens is 400 g/mol. The Balaban J connectivity index is 1.44. The van der Waals surface area contributed by atoms with Crippen molar-refractivity contribution in [2.45, 2.75) is 45.1 Å². The monoisotopic (exact) mass is 424 g/mol. The van der Waals surface area contributed by atoms with Gasteiger partial charge in [0.2, 0.25) is 0 Å². The molecule has 0 radical (unpaired) electrons. The maximum absolute atomic E-state index is 12.5. The number of Topliss-reactive ketones (excluding diaryl/α,β-unsaturated/α-hetero) is 1. The van der Waals surface area contributed by atoms with Crippen molar-refractivity contribution in [1.82, 2.24) is 14.6 Å². The predicted molar refractivity (Wildman–Crippen MR) is 117 cm³/mol. The number of halogens is 1. The molecule has 0 unspecified atom stereocenters. The Morgan fingerprint density at radius 2 is 2.17 bits per heavy atom. The number of ether oxygens (including phenoxy) is 1. The minimum Gasteiger partial charge on any atom is -0.379 e. The third-order valence-electron chi connectivity index (χ3n) is 5.98. The van der Waals surface area contributed by atoms with Crippen LogP contribution in [0.3, 0.4) is 0 Å². The summed E-state index contributed by atoms with van der Waals surface area (Å²) in [6.07, 6.45) is 7.21. The van der Waals surface area contributed by atoms with Crippen LogP contribution in [0, 0.1) is 12.8 Å². The molecule has 0 spiro atoms. The van der Waals surface area contributed by atoms with E-state index in [1.807, 2.05) is 25.1 Å². The van der Waals surface area contributed by atoms with Crippen molar-refractivity contribution in [2.75, 3.05) is 18.5 Å². The molecule has 5 rings (SSSR count). The lowest BCUT2D eigenvalue weighted by Gasteiger charge is -2.13. The zero-order chi connectivity index (χ0) is 20.7. The highest BCUT2D eigenvalue weighted by molar-refractivity contribution is 6.29. The molecule has 7 heteroatoms. The standard InChI is InChI=1S/C23H25ClN4O2/c1-14-9-16(6-7-18(14)21(29)10-15-4-5-15)20-13-26-23-19(11-22(24)27-28(20)23)25-12-17-3-2-8-30-17/h6-7,9,11,13,15,17,25H,2-5,8,10,12H2,1H3/t17-/m0/s1. The third kappa shape index (κ3) is 3.94. The minimum absolute atomic E-state index is 0.217. The van der Waals surface area contributed by atoms with E-state index in [-0.39, 0.29) is 11.9 Å². The Labute approximate surface area is 180 Å². The van der Waals surface area contributed by atoms with Gasteiger partial charge in [0.25, 0.3) is 0 Å². The van der Waals surface area contributed by atoms with Crippen LogP contribution in [0.2, 0.25) is 5.15 Å². The minimum atomic E-state index is 0.217. The van der Waals surface area contributed by atoms with Crippen LogP contribution in [0.4, 0.5) is 5.69 Å². The number of ketones is 1. The lowest BCUT2D eigenvalue weighted by atomic mass is 9.98. The molecule has 1 atom stereocenters.